The van der Waals surface area contributed by atoms with E-state index < -0.39 is 7.75 Å². The summed E-state index contributed by atoms with van der Waals surface area (Å²) < 4.78 is 33.6. The molecule has 0 amide bonds. The van der Waals surface area contributed by atoms with Crippen molar-refractivity contribution in [3.8, 4) is 11.8 Å². The van der Waals surface area contributed by atoms with Gasteiger partial charge in [0.25, 0.3) is 0 Å². The highest BCUT2D eigenvalue weighted by Crippen LogP contribution is 2.57. The lowest BCUT2D eigenvalue weighted by molar-refractivity contribution is 0.211. The molecule has 8 heteroatoms. The number of hydrogen-bond acceptors (Lipinski definition) is 5. The fourth-order valence-electron chi connectivity index (χ4n) is 3.04. The Hall–Kier alpha value is -2.47. The molecule has 0 fully saturated rings. The normalized spacial score (nSPS) is 11.7. The molecule has 2 aromatic carbocycles. The topological polar surface area (TPSA) is 73.2 Å². The number of aromatic nitrogens is 1. The molecule has 7 nitrogen and oxygen atoms in total. The first-order valence-electron chi connectivity index (χ1n) is 9.27. The molecule has 0 saturated heterocycles. The number of fused-ring (bicyclic) bond motifs is 1. The number of rotatable bonds is 9. The van der Waals surface area contributed by atoms with Gasteiger partial charge in [0.15, 0.2) is 0 Å². The third-order valence-corrected chi connectivity index (χ3v) is 6.11. The lowest BCUT2D eigenvalue weighted by Gasteiger charge is -2.32. The highest BCUT2D eigenvalue weighted by molar-refractivity contribution is 7.55. The van der Waals surface area contributed by atoms with Crippen LogP contribution in [0.25, 0.3) is 10.8 Å². The van der Waals surface area contributed by atoms with Crippen molar-refractivity contribution in [1.29, 1.82) is 0 Å². The first kappa shape index (κ1) is 20.3. The number of benzene rings is 2. The van der Waals surface area contributed by atoms with Crippen molar-refractivity contribution in [1.82, 2.24) is 4.68 Å². The van der Waals surface area contributed by atoms with Crippen molar-refractivity contribution >= 4 is 24.2 Å². The van der Waals surface area contributed by atoms with E-state index in [2.05, 4.69) is 0 Å². The Morgan fingerprint density at radius 3 is 2.04 bits per heavy atom. The number of anilines is 1. The number of ether oxygens (including phenoxy) is 1. The molecule has 3 aromatic rings. The van der Waals surface area contributed by atoms with Gasteiger partial charge in [-0.3, -0.25) is 9.05 Å². The fourth-order valence-corrected chi connectivity index (χ4v) is 4.79. The Morgan fingerprint density at radius 2 is 1.46 bits per heavy atom. The molecular formula is C20H25N2O5P. The average molecular weight is 404 g/mol. The number of aromatic hydroxyl groups is 1. The van der Waals surface area contributed by atoms with Gasteiger partial charge < -0.3 is 9.84 Å². The van der Waals surface area contributed by atoms with Gasteiger partial charge in [-0.05, 0) is 45.0 Å². The summed E-state index contributed by atoms with van der Waals surface area (Å²) >= 11 is 0. The smallest absolute Gasteiger partial charge is 0.454 e. The van der Waals surface area contributed by atoms with Gasteiger partial charge in [0.2, 0.25) is 11.8 Å². The summed E-state index contributed by atoms with van der Waals surface area (Å²) in [5, 5.41) is 12.3. The molecule has 0 atom stereocenters. The van der Waals surface area contributed by atoms with E-state index in [1.54, 1.807) is 32.0 Å². The summed E-state index contributed by atoms with van der Waals surface area (Å²) in [6, 6.07) is 16.3. The van der Waals surface area contributed by atoms with Crippen LogP contribution in [0.1, 0.15) is 20.8 Å². The largest absolute Gasteiger partial charge is 0.493 e. The molecule has 0 aliphatic heterocycles. The first-order valence-corrected chi connectivity index (χ1v) is 10.8. The van der Waals surface area contributed by atoms with Gasteiger partial charge in [0, 0.05) is 10.8 Å². The van der Waals surface area contributed by atoms with Crippen LogP contribution in [0.3, 0.4) is 0 Å². The van der Waals surface area contributed by atoms with Crippen LogP contribution in [0.4, 0.5) is 5.69 Å². The van der Waals surface area contributed by atoms with Gasteiger partial charge in [-0.2, -0.15) is 9.46 Å². The van der Waals surface area contributed by atoms with Gasteiger partial charge in [0.1, 0.15) is 0 Å². The molecule has 0 unspecified atom stereocenters. The molecule has 0 aliphatic rings. The van der Waals surface area contributed by atoms with E-state index in [9.17, 15) is 9.67 Å². The van der Waals surface area contributed by atoms with E-state index in [1.807, 2.05) is 43.3 Å². The molecule has 1 aromatic heterocycles. The maximum Gasteiger partial charge on any atom is 0.454 e. The van der Waals surface area contributed by atoms with Crippen LogP contribution in [0.15, 0.2) is 54.6 Å². The zero-order chi connectivity index (χ0) is 20.1. The van der Waals surface area contributed by atoms with E-state index in [1.165, 1.54) is 9.46 Å². The molecule has 0 bridgehead atoms. The molecule has 150 valence electrons. The Bertz CT molecular complexity index is 963. The highest BCUT2D eigenvalue weighted by atomic mass is 31.2. The third-order valence-electron chi connectivity index (χ3n) is 4.07. The summed E-state index contributed by atoms with van der Waals surface area (Å²) in [5.41, 5.74) is 0.532. The van der Waals surface area contributed by atoms with Crippen molar-refractivity contribution in [2.45, 2.75) is 20.8 Å². The first-order chi connectivity index (χ1) is 13.6. The van der Waals surface area contributed by atoms with Gasteiger partial charge in [-0.1, -0.05) is 30.3 Å². The van der Waals surface area contributed by atoms with Crippen molar-refractivity contribution < 1.29 is 23.5 Å². The summed E-state index contributed by atoms with van der Waals surface area (Å²) in [4.78, 5) is 0. The summed E-state index contributed by atoms with van der Waals surface area (Å²) in [5.74, 6) is 0.251. The maximum atomic E-state index is 13.8. The Kier molecular flexibility index (Phi) is 6.29. The van der Waals surface area contributed by atoms with Crippen molar-refractivity contribution in [2.75, 3.05) is 24.6 Å². The summed E-state index contributed by atoms with van der Waals surface area (Å²) in [7, 11) is -3.85. The fraction of sp³-hybridized carbons (Fsp3) is 0.300. The van der Waals surface area contributed by atoms with Crippen LogP contribution in [0.2, 0.25) is 0 Å². The minimum atomic E-state index is -3.85. The van der Waals surface area contributed by atoms with Gasteiger partial charge in [-0.15, -0.1) is 0 Å². The second kappa shape index (κ2) is 8.69. The van der Waals surface area contributed by atoms with E-state index >= 15 is 0 Å². The minimum absolute atomic E-state index is 0.109. The molecule has 28 heavy (non-hydrogen) atoms. The zero-order valence-corrected chi connectivity index (χ0v) is 17.1. The van der Waals surface area contributed by atoms with Crippen LogP contribution < -0.4 is 9.52 Å². The van der Waals surface area contributed by atoms with Crippen LogP contribution in [-0.4, -0.2) is 29.6 Å². The van der Waals surface area contributed by atoms with Gasteiger partial charge >= 0.3 is 7.75 Å². The predicted molar refractivity (Wildman–Crippen MR) is 110 cm³/mol. The second-order valence-electron chi connectivity index (χ2n) is 5.85. The van der Waals surface area contributed by atoms with Crippen LogP contribution >= 0.6 is 7.75 Å². The van der Waals surface area contributed by atoms with Gasteiger partial charge in [0.05, 0.1) is 25.5 Å². The Morgan fingerprint density at radius 1 is 0.893 bits per heavy atom. The number of hydrogen-bond donors (Lipinski definition) is 1. The summed E-state index contributed by atoms with van der Waals surface area (Å²) in [6.45, 7) is 6.04. The van der Waals surface area contributed by atoms with Crippen molar-refractivity contribution in [3.05, 3.63) is 54.6 Å². The quantitative estimate of drug-likeness (QED) is 0.495. The van der Waals surface area contributed by atoms with E-state index in [0.29, 0.717) is 28.9 Å². The van der Waals surface area contributed by atoms with Crippen molar-refractivity contribution in [3.63, 3.8) is 0 Å². The Labute approximate surface area is 164 Å². The molecule has 0 saturated carbocycles. The van der Waals surface area contributed by atoms with E-state index in [4.69, 9.17) is 13.8 Å². The molecule has 0 radical (unpaired) electrons. The monoisotopic (exact) mass is 404 g/mol. The lowest BCUT2D eigenvalue weighted by Crippen LogP contribution is -2.29. The third kappa shape index (κ3) is 3.61. The van der Waals surface area contributed by atoms with E-state index in [-0.39, 0.29) is 19.1 Å². The molecular weight excluding hydrogens is 379 g/mol. The Balaban J connectivity index is 2.34. The predicted octanol–water partition coefficient (Wildman–Crippen LogP) is 5.20. The average Bonchev–Trinajstić information content (AvgIpc) is 2.96. The molecule has 0 spiro atoms. The lowest BCUT2D eigenvalue weighted by atomic mass is 10.2. The molecule has 1 N–H and O–H groups in total. The van der Waals surface area contributed by atoms with Gasteiger partial charge in [-0.25, -0.2) is 4.57 Å². The molecule has 1 heterocycles. The van der Waals surface area contributed by atoms with Crippen molar-refractivity contribution in [2.24, 2.45) is 0 Å². The standard InChI is InChI=1S/C20H25N2O5P/c1-4-25-20-18-15-11-10-14-17(18)19(23)21(20)22(16-12-8-7-9-13-16)28(24,26-5-2)27-6-3/h7-15,23H,4-6H2,1-3H3. The maximum absolute atomic E-state index is 13.8. The minimum Gasteiger partial charge on any atom is -0.493 e. The van der Waals surface area contributed by atoms with Crippen LogP contribution in [0, 0.1) is 0 Å². The number of nitrogens with zero attached hydrogens (tertiary/aromatic N) is 2. The van der Waals surface area contributed by atoms with E-state index in [0.717, 1.165) is 0 Å². The van der Waals surface area contributed by atoms with Crippen LogP contribution in [-0.2, 0) is 13.6 Å². The highest BCUT2D eigenvalue weighted by Gasteiger charge is 2.39. The zero-order valence-electron chi connectivity index (χ0n) is 16.2. The van der Waals surface area contributed by atoms with Crippen LogP contribution in [0.5, 0.6) is 11.8 Å². The second-order valence-corrected chi connectivity index (χ2v) is 7.68. The number of para-hydroxylation sites is 1. The summed E-state index contributed by atoms with van der Waals surface area (Å²) in [6.07, 6.45) is 0. The SMILES string of the molecule is CCOc1c2ccccc2c(O)n1N(c1ccccc1)P(=O)(OCC)OCC. The molecule has 0 aliphatic carbocycles. The molecule has 3 rings (SSSR count).